The van der Waals surface area contributed by atoms with E-state index in [0.29, 0.717) is 15.7 Å². The van der Waals surface area contributed by atoms with E-state index < -0.39 is 0 Å². The molecule has 2 nitrogen and oxygen atoms in total. The summed E-state index contributed by atoms with van der Waals surface area (Å²) in [5.74, 6) is 0. The second kappa shape index (κ2) is 3.45. The van der Waals surface area contributed by atoms with Gasteiger partial charge in [-0.15, -0.1) is 0 Å². The van der Waals surface area contributed by atoms with Gasteiger partial charge in [0, 0.05) is 22.0 Å². The Morgan fingerprint density at radius 1 is 1.21 bits per heavy atom. The number of aromatic nitrogens is 1. The fraction of sp³-hybridized carbons (Fsp3) is 0. The first kappa shape index (κ1) is 9.26. The van der Waals surface area contributed by atoms with Crippen LogP contribution in [0.25, 0.3) is 10.8 Å². The average Bonchev–Trinajstić information content (AvgIpc) is 2.18. The minimum Gasteiger partial charge on any atom is -0.243 e. The zero-order chi connectivity index (χ0) is 10.1. The molecule has 2 rings (SSSR count). The summed E-state index contributed by atoms with van der Waals surface area (Å²) in [6, 6.07) is 7.23. The molecule has 14 heavy (non-hydrogen) atoms. The molecule has 0 saturated carbocycles. The van der Waals surface area contributed by atoms with E-state index in [1.165, 1.54) is 6.20 Å². The number of hydrogen-bond acceptors (Lipinski definition) is 2. The number of rotatable bonds is 0. The van der Waals surface area contributed by atoms with Crippen molar-refractivity contribution in [2.45, 2.75) is 0 Å². The van der Waals surface area contributed by atoms with Crippen molar-refractivity contribution in [2.24, 2.45) is 0 Å². The molecule has 0 aliphatic heterocycles. The van der Waals surface area contributed by atoms with Gasteiger partial charge in [0.1, 0.15) is 11.2 Å². The van der Waals surface area contributed by atoms with Crippen LogP contribution in [-0.2, 0) is 0 Å². The van der Waals surface area contributed by atoms with Crippen LogP contribution >= 0.6 is 23.2 Å². The molecule has 0 N–H and O–H groups in total. The summed E-state index contributed by atoms with van der Waals surface area (Å²) in [5.41, 5.74) is 0.479. The molecule has 0 aliphatic rings. The van der Waals surface area contributed by atoms with Crippen molar-refractivity contribution in [1.82, 2.24) is 4.98 Å². The molecule has 0 amide bonds. The van der Waals surface area contributed by atoms with Gasteiger partial charge >= 0.3 is 0 Å². The lowest BCUT2D eigenvalue weighted by Crippen LogP contribution is -1.84. The number of fused-ring (bicyclic) bond motifs is 1. The van der Waals surface area contributed by atoms with Crippen LogP contribution in [0.15, 0.2) is 24.4 Å². The fourth-order valence-corrected chi connectivity index (χ4v) is 1.65. The van der Waals surface area contributed by atoms with E-state index in [0.717, 1.165) is 10.8 Å². The van der Waals surface area contributed by atoms with E-state index in [1.54, 1.807) is 18.2 Å². The van der Waals surface area contributed by atoms with E-state index >= 15 is 0 Å². The van der Waals surface area contributed by atoms with Gasteiger partial charge in [-0.2, -0.15) is 5.26 Å². The predicted octanol–water partition coefficient (Wildman–Crippen LogP) is 3.41. The van der Waals surface area contributed by atoms with Gasteiger partial charge in [-0.05, 0) is 18.2 Å². The largest absolute Gasteiger partial charge is 0.243 e. The quantitative estimate of drug-likeness (QED) is 0.641. The molecule has 0 bridgehead atoms. The van der Waals surface area contributed by atoms with Gasteiger partial charge in [0.2, 0.25) is 0 Å². The molecule has 0 radical (unpaired) electrons. The molecule has 0 aliphatic carbocycles. The van der Waals surface area contributed by atoms with Crippen LogP contribution in [0.5, 0.6) is 0 Å². The fourth-order valence-electron chi connectivity index (χ4n) is 1.27. The minimum absolute atomic E-state index is 0.385. The molecule has 0 saturated heterocycles. The van der Waals surface area contributed by atoms with Gasteiger partial charge in [0.25, 0.3) is 0 Å². The highest BCUT2D eigenvalue weighted by atomic mass is 35.5. The molecule has 68 valence electrons. The molecule has 1 aromatic carbocycles. The van der Waals surface area contributed by atoms with Crippen molar-refractivity contribution < 1.29 is 0 Å². The molecule has 1 aromatic heterocycles. The van der Waals surface area contributed by atoms with Crippen molar-refractivity contribution in [3.8, 4) is 6.07 Å². The first-order valence-corrected chi connectivity index (χ1v) is 4.62. The third-order valence-corrected chi connectivity index (χ3v) is 2.46. The Bertz CT molecular complexity index is 544. The summed E-state index contributed by atoms with van der Waals surface area (Å²) in [5, 5.41) is 11.3. The first-order chi connectivity index (χ1) is 6.72. The average molecular weight is 223 g/mol. The van der Waals surface area contributed by atoms with Gasteiger partial charge < -0.3 is 0 Å². The zero-order valence-electron chi connectivity index (χ0n) is 6.96. The molecule has 1 heterocycles. The van der Waals surface area contributed by atoms with Crippen molar-refractivity contribution in [3.05, 3.63) is 40.1 Å². The highest BCUT2D eigenvalue weighted by molar-refractivity contribution is 6.35. The van der Waals surface area contributed by atoms with Crippen molar-refractivity contribution in [1.29, 1.82) is 5.26 Å². The predicted molar refractivity (Wildman–Crippen MR) is 56.5 cm³/mol. The molecular weight excluding hydrogens is 219 g/mol. The van der Waals surface area contributed by atoms with Crippen LogP contribution in [0.1, 0.15) is 5.56 Å². The summed E-state index contributed by atoms with van der Waals surface area (Å²) >= 11 is 11.7. The highest BCUT2D eigenvalue weighted by Gasteiger charge is 2.05. The smallest absolute Gasteiger partial charge is 0.136 e. The zero-order valence-corrected chi connectivity index (χ0v) is 8.47. The van der Waals surface area contributed by atoms with Crippen LogP contribution in [0.3, 0.4) is 0 Å². The van der Waals surface area contributed by atoms with Crippen LogP contribution < -0.4 is 0 Å². The summed E-state index contributed by atoms with van der Waals surface area (Å²) in [6.45, 7) is 0. The van der Waals surface area contributed by atoms with Crippen molar-refractivity contribution in [3.63, 3.8) is 0 Å². The molecule has 0 fully saturated rings. The lowest BCUT2D eigenvalue weighted by molar-refractivity contribution is 1.34. The molecule has 2 aromatic rings. The Morgan fingerprint density at radius 3 is 2.71 bits per heavy atom. The third kappa shape index (κ3) is 1.41. The van der Waals surface area contributed by atoms with Crippen LogP contribution in [-0.4, -0.2) is 4.98 Å². The topological polar surface area (TPSA) is 36.7 Å². The Morgan fingerprint density at radius 2 is 2.00 bits per heavy atom. The van der Waals surface area contributed by atoms with Crippen LogP contribution in [0.4, 0.5) is 0 Å². The summed E-state index contributed by atoms with van der Waals surface area (Å²) < 4.78 is 0. The summed E-state index contributed by atoms with van der Waals surface area (Å²) in [4.78, 5) is 3.91. The molecule has 4 heteroatoms. The molecule has 0 atom stereocenters. The summed E-state index contributed by atoms with van der Waals surface area (Å²) in [6.07, 6.45) is 1.45. The van der Waals surface area contributed by atoms with E-state index in [1.807, 2.05) is 6.07 Å². The number of hydrogen-bond donors (Lipinski definition) is 0. The van der Waals surface area contributed by atoms with E-state index in [9.17, 15) is 0 Å². The standard InChI is InChI=1S/C10H4Cl2N2/c11-7-1-2-8-9(3-7)6(4-13)5-14-10(8)12/h1-3,5H. The number of nitriles is 1. The maximum Gasteiger partial charge on any atom is 0.136 e. The Kier molecular flexibility index (Phi) is 2.28. The third-order valence-electron chi connectivity index (χ3n) is 1.92. The minimum atomic E-state index is 0.385. The SMILES string of the molecule is N#Cc1cnc(Cl)c2ccc(Cl)cc12. The monoisotopic (exact) mass is 222 g/mol. The Balaban J connectivity index is 2.94. The first-order valence-electron chi connectivity index (χ1n) is 3.86. The highest BCUT2D eigenvalue weighted by Crippen LogP contribution is 2.26. The second-order valence-corrected chi connectivity index (χ2v) is 3.56. The van der Waals surface area contributed by atoms with Crippen LogP contribution in [0.2, 0.25) is 10.2 Å². The molecule has 0 spiro atoms. The normalized spacial score (nSPS) is 10.1. The van der Waals surface area contributed by atoms with Gasteiger partial charge in [-0.25, -0.2) is 4.98 Å². The number of benzene rings is 1. The molecule has 0 unspecified atom stereocenters. The number of pyridine rings is 1. The van der Waals surface area contributed by atoms with E-state index in [2.05, 4.69) is 4.98 Å². The lowest BCUT2D eigenvalue weighted by atomic mass is 10.1. The number of halogens is 2. The van der Waals surface area contributed by atoms with Gasteiger partial charge in [-0.3, -0.25) is 0 Å². The summed E-state index contributed by atoms with van der Waals surface area (Å²) in [7, 11) is 0. The van der Waals surface area contributed by atoms with E-state index in [4.69, 9.17) is 28.5 Å². The lowest BCUT2D eigenvalue weighted by Gasteiger charge is -2.01. The van der Waals surface area contributed by atoms with E-state index in [-0.39, 0.29) is 0 Å². The molecular formula is C10H4Cl2N2. The van der Waals surface area contributed by atoms with Crippen molar-refractivity contribution in [2.75, 3.05) is 0 Å². The Hall–Kier alpha value is -1.30. The second-order valence-electron chi connectivity index (χ2n) is 2.76. The van der Waals surface area contributed by atoms with Gasteiger partial charge in [0.05, 0.1) is 5.56 Å². The van der Waals surface area contributed by atoms with Crippen LogP contribution in [0, 0.1) is 11.3 Å². The maximum absolute atomic E-state index is 8.84. The maximum atomic E-state index is 8.84. The van der Waals surface area contributed by atoms with Gasteiger partial charge in [0.15, 0.2) is 0 Å². The Labute approximate surface area is 90.7 Å². The van der Waals surface area contributed by atoms with Gasteiger partial charge in [-0.1, -0.05) is 23.2 Å². The number of nitrogens with zero attached hydrogens (tertiary/aromatic N) is 2. The van der Waals surface area contributed by atoms with Crippen molar-refractivity contribution >= 4 is 34.0 Å².